The van der Waals surface area contributed by atoms with E-state index in [0.717, 1.165) is 34.8 Å². The number of thioether (sulfide) groups is 1. The van der Waals surface area contributed by atoms with Crippen LogP contribution in [0, 0.1) is 11.6 Å². The molecule has 1 aliphatic heterocycles. The van der Waals surface area contributed by atoms with Gasteiger partial charge >= 0.3 is 0 Å². The van der Waals surface area contributed by atoms with Crippen molar-refractivity contribution in [1.82, 2.24) is 5.32 Å². The zero-order valence-corrected chi connectivity index (χ0v) is 11.9. The highest BCUT2D eigenvalue weighted by Crippen LogP contribution is 2.35. The molecule has 0 spiro atoms. The Morgan fingerprint density at radius 3 is 2.81 bits per heavy atom. The summed E-state index contributed by atoms with van der Waals surface area (Å²) < 4.78 is 26.5. The summed E-state index contributed by atoms with van der Waals surface area (Å²) in [7, 11) is 0. The van der Waals surface area contributed by atoms with E-state index in [1.54, 1.807) is 11.8 Å². The van der Waals surface area contributed by atoms with Crippen molar-refractivity contribution in [3.05, 3.63) is 65.2 Å². The Morgan fingerprint density at radius 1 is 1.19 bits per heavy atom. The van der Waals surface area contributed by atoms with E-state index in [1.165, 1.54) is 6.07 Å². The third kappa shape index (κ3) is 2.93. The smallest absolute Gasteiger partial charge is 0.254 e. The van der Waals surface area contributed by atoms with Crippen LogP contribution in [0.3, 0.4) is 0 Å². The fourth-order valence-electron chi connectivity index (χ4n) is 2.40. The molecule has 0 aromatic heterocycles. The minimum Gasteiger partial charge on any atom is -0.345 e. The lowest BCUT2D eigenvalue weighted by molar-refractivity contribution is 0.0931. The van der Waals surface area contributed by atoms with E-state index in [2.05, 4.69) is 5.32 Å². The van der Waals surface area contributed by atoms with E-state index in [4.69, 9.17) is 0 Å². The highest BCUT2D eigenvalue weighted by Gasteiger charge is 2.23. The molecule has 1 heterocycles. The molecule has 0 unspecified atom stereocenters. The van der Waals surface area contributed by atoms with Crippen molar-refractivity contribution in [3.63, 3.8) is 0 Å². The van der Waals surface area contributed by atoms with Crippen LogP contribution >= 0.6 is 11.8 Å². The monoisotopic (exact) mass is 305 g/mol. The van der Waals surface area contributed by atoms with Crippen molar-refractivity contribution in [2.75, 3.05) is 5.75 Å². The minimum absolute atomic E-state index is 0.132. The van der Waals surface area contributed by atoms with Crippen LogP contribution < -0.4 is 5.32 Å². The van der Waals surface area contributed by atoms with Crippen molar-refractivity contribution in [1.29, 1.82) is 0 Å². The summed E-state index contributed by atoms with van der Waals surface area (Å²) >= 11 is 1.75. The first-order valence-corrected chi connectivity index (χ1v) is 7.61. The third-order valence-electron chi connectivity index (χ3n) is 3.44. The fraction of sp³-hybridized carbons (Fsp3) is 0.188. The highest BCUT2D eigenvalue weighted by molar-refractivity contribution is 7.99. The van der Waals surface area contributed by atoms with Crippen LogP contribution in [0.15, 0.2) is 47.4 Å². The Bertz CT molecular complexity index is 690. The van der Waals surface area contributed by atoms with E-state index in [-0.39, 0.29) is 11.6 Å². The predicted molar refractivity (Wildman–Crippen MR) is 78.3 cm³/mol. The van der Waals surface area contributed by atoms with Crippen LogP contribution in [0.4, 0.5) is 8.78 Å². The molecule has 1 N–H and O–H groups in total. The molecule has 0 aliphatic carbocycles. The van der Waals surface area contributed by atoms with Gasteiger partial charge in [-0.3, -0.25) is 4.79 Å². The van der Waals surface area contributed by atoms with Crippen LogP contribution in [0.1, 0.15) is 28.4 Å². The standard InChI is InChI=1S/C16H13F2NOS/c17-10-5-6-11(13(18)9-10)16(20)19-14-7-8-21-15-4-2-1-3-12(14)15/h1-6,9,14H,7-8H2,(H,19,20)/t14-/m0/s1. The molecule has 0 saturated carbocycles. The van der Waals surface area contributed by atoms with E-state index in [1.807, 2.05) is 24.3 Å². The average molecular weight is 305 g/mol. The lowest BCUT2D eigenvalue weighted by Crippen LogP contribution is -2.31. The average Bonchev–Trinajstić information content (AvgIpc) is 2.47. The van der Waals surface area contributed by atoms with Crippen LogP contribution in [-0.2, 0) is 0 Å². The number of carbonyl (C=O) groups is 1. The molecular weight excluding hydrogens is 292 g/mol. The first-order valence-electron chi connectivity index (χ1n) is 6.63. The number of hydrogen-bond donors (Lipinski definition) is 1. The lowest BCUT2D eigenvalue weighted by Gasteiger charge is -2.25. The Balaban J connectivity index is 1.83. The van der Waals surface area contributed by atoms with Crippen molar-refractivity contribution in [2.45, 2.75) is 17.4 Å². The minimum atomic E-state index is -0.842. The van der Waals surface area contributed by atoms with Gasteiger partial charge in [0.05, 0.1) is 11.6 Å². The molecule has 108 valence electrons. The number of halogens is 2. The molecule has 1 amide bonds. The molecule has 0 radical (unpaired) electrons. The maximum atomic E-state index is 13.6. The molecular formula is C16H13F2NOS. The third-order valence-corrected chi connectivity index (χ3v) is 4.56. The summed E-state index contributed by atoms with van der Waals surface area (Å²) in [5, 5.41) is 2.84. The normalized spacial score (nSPS) is 17.1. The maximum absolute atomic E-state index is 13.6. The number of hydrogen-bond acceptors (Lipinski definition) is 2. The van der Waals surface area contributed by atoms with E-state index >= 15 is 0 Å². The number of benzene rings is 2. The topological polar surface area (TPSA) is 29.1 Å². The predicted octanol–water partition coefficient (Wildman–Crippen LogP) is 3.93. The lowest BCUT2D eigenvalue weighted by atomic mass is 10.0. The molecule has 0 saturated heterocycles. The number of carbonyl (C=O) groups excluding carboxylic acids is 1. The van der Waals surface area contributed by atoms with Crippen molar-refractivity contribution >= 4 is 17.7 Å². The molecule has 1 aliphatic rings. The van der Waals surface area contributed by atoms with Crippen LogP contribution in [-0.4, -0.2) is 11.7 Å². The summed E-state index contributed by atoms with van der Waals surface area (Å²) in [6.45, 7) is 0. The molecule has 2 nitrogen and oxygen atoms in total. The van der Waals surface area contributed by atoms with E-state index in [9.17, 15) is 13.6 Å². The fourth-order valence-corrected chi connectivity index (χ4v) is 3.53. The summed E-state index contributed by atoms with van der Waals surface area (Å²) in [5.41, 5.74) is 0.914. The quantitative estimate of drug-likeness (QED) is 0.911. The first-order chi connectivity index (χ1) is 10.1. The Morgan fingerprint density at radius 2 is 2.00 bits per heavy atom. The molecule has 0 bridgehead atoms. The van der Waals surface area contributed by atoms with Crippen molar-refractivity contribution in [2.24, 2.45) is 0 Å². The van der Waals surface area contributed by atoms with Gasteiger partial charge in [0.2, 0.25) is 0 Å². The zero-order chi connectivity index (χ0) is 14.8. The highest BCUT2D eigenvalue weighted by atomic mass is 32.2. The van der Waals surface area contributed by atoms with Crippen LogP contribution in [0.25, 0.3) is 0 Å². The van der Waals surface area contributed by atoms with Gasteiger partial charge in [0, 0.05) is 16.7 Å². The summed E-state index contributed by atoms with van der Waals surface area (Å²) in [6, 6.07) is 10.7. The Labute approximate surface area is 125 Å². The van der Waals surface area contributed by atoms with Crippen LogP contribution in [0.2, 0.25) is 0 Å². The van der Waals surface area contributed by atoms with E-state index < -0.39 is 17.5 Å². The van der Waals surface area contributed by atoms with Crippen molar-refractivity contribution < 1.29 is 13.6 Å². The number of nitrogens with one attached hydrogen (secondary N) is 1. The van der Waals surface area contributed by atoms with Gasteiger partial charge in [-0.05, 0) is 30.2 Å². The second-order valence-electron chi connectivity index (χ2n) is 4.83. The maximum Gasteiger partial charge on any atom is 0.254 e. The van der Waals surface area contributed by atoms with Crippen molar-refractivity contribution in [3.8, 4) is 0 Å². The number of fused-ring (bicyclic) bond motifs is 1. The molecule has 21 heavy (non-hydrogen) atoms. The molecule has 2 aromatic carbocycles. The van der Waals surface area contributed by atoms with Gasteiger partial charge in [0.15, 0.2) is 0 Å². The van der Waals surface area contributed by atoms with Crippen LogP contribution in [0.5, 0.6) is 0 Å². The van der Waals surface area contributed by atoms with E-state index in [0.29, 0.717) is 0 Å². The SMILES string of the molecule is O=C(N[C@H]1CCSc2ccccc21)c1ccc(F)cc1F. The molecule has 0 fully saturated rings. The summed E-state index contributed by atoms with van der Waals surface area (Å²) in [4.78, 5) is 13.3. The Kier molecular flexibility index (Phi) is 3.92. The van der Waals surface area contributed by atoms with Gasteiger partial charge in [0.25, 0.3) is 5.91 Å². The Hall–Kier alpha value is -1.88. The molecule has 5 heteroatoms. The zero-order valence-electron chi connectivity index (χ0n) is 11.1. The van der Waals surface area contributed by atoms with Gasteiger partial charge < -0.3 is 5.32 Å². The van der Waals surface area contributed by atoms with Gasteiger partial charge in [0.1, 0.15) is 11.6 Å². The van der Waals surface area contributed by atoms with Gasteiger partial charge in [-0.2, -0.15) is 0 Å². The second kappa shape index (κ2) is 5.85. The first kappa shape index (κ1) is 14.1. The summed E-state index contributed by atoms with van der Waals surface area (Å²) in [6.07, 6.45) is 0.788. The van der Waals surface area contributed by atoms with Gasteiger partial charge in [-0.1, -0.05) is 18.2 Å². The van der Waals surface area contributed by atoms with Gasteiger partial charge in [-0.25, -0.2) is 8.78 Å². The van der Waals surface area contributed by atoms with Gasteiger partial charge in [-0.15, -0.1) is 11.8 Å². The number of amides is 1. The number of rotatable bonds is 2. The molecule has 2 aromatic rings. The second-order valence-corrected chi connectivity index (χ2v) is 5.96. The summed E-state index contributed by atoms with van der Waals surface area (Å²) in [5.74, 6) is -1.15. The molecule has 1 atom stereocenters. The molecule has 3 rings (SSSR count). The largest absolute Gasteiger partial charge is 0.345 e.